The van der Waals surface area contributed by atoms with E-state index in [1.165, 1.54) is 11.3 Å². The SMILES string of the molecule is Cc1ccc(C(=O)Nc2cc(C(=O)NCCCCO)ccc2N2CCN(c3ccccc3C)CC2)o1. The number of hydrogen-bond acceptors (Lipinski definition) is 6. The molecule has 0 atom stereocenters. The molecule has 1 aliphatic rings. The Hall–Kier alpha value is -3.78. The minimum absolute atomic E-state index is 0.101. The summed E-state index contributed by atoms with van der Waals surface area (Å²) in [6, 6.07) is 17.2. The average molecular weight is 491 g/mol. The first-order valence-electron chi connectivity index (χ1n) is 12.4. The second-order valence-corrected chi connectivity index (χ2v) is 9.04. The molecule has 1 aromatic heterocycles. The number of carbonyl (C=O) groups excluding carboxylic acids is 2. The third kappa shape index (κ3) is 6.07. The number of piperazine rings is 1. The Morgan fingerprint density at radius 2 is 1.61 bits per heavy atom. The predicted molar refractivity (Wildman–Crippen MR) is 142 cm³/mol. The van der Waals surface area contributed by atoms with Gasteiger partial charge in [0.1, 0.15) is 5.76 Å². The van der Waals surface area contributed by atoms with E-state index in [4.69, 9.17) is 9.52 Å². The van der Waals surface area contributed by atoms with Gasteiger partial charge in [0.2, 0.25) is 0 Å². The molecule has 1 fully saturated rings. The number of rotatable bonds is 9. The van der Waals surface area contributed by atoms with Crippen LogP contribution in [0.25, 0.3) is 0 Å². The van der Waals surface area contributed by atoms with E-state index in [2.05, 4.69) is 51.6 Å². The fourth-order valence-corrected chi connectivity index (χ4v) is 4.44. The van der Waals surface area contributed by atoms with Crippen molar-refractivity contribution in [3.8, 4) is 0 Å². The van der Waals surface area contributed by atoms with Crippen molar-refractivity contribution in [3.63, 3.8) is 0 Å². The quantitative estimate of drug-likeness (QED) is 0.393. The Morgan fingerprint density at radius 3 is 2.28 bits per heavy atom. The molecule has 0 bridgehead atoms. The van der Waals surface area contributed by atoms with Crippen molar-refractivity contribution in [1.29, 1.82) is 0 Å². The van der Waals surface area contributed by atoms with E-state index < -0.39 is 0 Å². The number of aliphatic hydroxyl groups excluding tert-OH is 1. The molecule has 2 amide bonds. The molecule has 36 heavy (non-hydrogen) atoms. The molecule has 0 radical (unpaired) electrons. The zero-order chi connectivity index (χ0) is 25.5. The Labute approximate surface area is 211 Å². The summed E-state index contributed by atoms with van der Waals surface area (Å²) in [5.74, 6) is 0.307. The van der Waals surface area contributed by atoms with Crippen molar-refractivity contribution in [2.45, 2.75) is 26.7 Å². The summed E-state index contributed by atoms with van der Waals surface area (Å²) < 4.78 is 5.50. The molecule has 2 aromatic carbocycles. The maximum absolute atomic E-state index is 12.9. The molecule has 3 aromatic rings. The van der Waals surface area contributed by atoms with Gasteiger partial charge in [-0.25, -0.2) is 0 Å². The number of hydrogen-bond donors (Lipinski definition) is 3. The molecule has 4 rings (SSSR count). The summed E-state index contributed by atoms with van der Waals surface area (Å²) in [7, 11) is 0. The molecule has 190 valence electrons. The van der Waals surface area contributed by atoms with Gasteiger partial charge in [0.25, 0.3) is 11.8 Å². The van der Waals surface area contributed by atoms with Crippen LogP contribution in [0.3, 0.4) is 0 Å². The zero-order valence-electron chi connectivity index (χ0n) is 20.9. The highest BCUT2D eigenvalue weighted by Crippen LogP contribution is 2.30. The molecule has 0 aliphatic carbocycles. The summed E-state index contributed by atoms with van der Waals surface area (Å²) in [5.41, 5.74) is 4.40. The van der Waals surface area contributed by atoms with Gasteiger partial charge in [-0.2, -0.15) is 0 Å². The lowest BCUT2D eigenvalue weighted by atomic mass is 10.1. The Bertz CT molecular complexity index is 1200. The third-order valence-electron chi connectivity index (χ3n) is 6.42. The molecular weight excluding hydrogens is 456 g/mol. The van der Waals surface area contributed by atoms with E-state index in [9.17, 15) is 9.59 Å². The summed E-state index contributed by atoms with van der Waals surface area (Å²) in [6.45, 7) is 7.76. The lowest BCUT2D eigenvalue weighted by Gasteiger charge is -2.38. The molecule has 8 nitrogen and oxygen atoms in total. The van der Waals surface area contributed by atoms with Gasteiger partial charge >= 0.3 is 0 Å². The van der Waals surface area contributed by atoms with Crippen molar-refractivity contribution < 1.29 is 19.1 Å². The molecule has 1 aliphatic heterocycles. The van der Waals surface area contributed by atoms with Crippen LogP contribution in [0.2, 0.25) is 0 Å². The molecule has 1 saturated heterocycles. The monoisotopic (exact) mass is 490 g/mol. The number of unbranched alkanes of at least 4 members (excludes halogenated alkanes) is 1. The van der Waals surface area contributed by atoms with E-state index in [0.29, 0.717) is 36.4 Å². The smallest absolute Gasteiger partial charge is 0.291 e. The van der Waals surface area contributed by atoms with E-state index in [1.54, 1.807) is 31.2 Å². The molecule has 0 saturated carbocycles. The van der Waals surface area contributed by atoms with Gasteiger partial charge in [0.15, 0.2) is 5.76 Å². The maximum atomic E-state index is 12.9. The maximum Gasteiger partial charge on any atom is 0.291 e. The summed E-state index contributed by atoms with van der Waals surface area (Å²) in [5, 5.41) is 14.8. The second-order valence-electron chi connectivity index (χ2n) is 9.04. The van der Waals surface area contributed by atoms with E-state index in [-0.39, 0.29) is 24.2 Å². The fraction of sp³-hybridized carbons (Fsp3) is 0.357. The topological polar surface area (TPSA) is 98.0 Å². The number of nitrogens with zero attached hydrogens (tertiary/aromatic N) is 2. The van der Waals surface area contributed by atoms with Gasteiger partial charge in [-0.3, -0.25) is 9.59 Å². The lowest BCUT2D eigenvalue weighted by Crippen LogP contribution is -2.47. The van der Waals surface area contributed by atoms with Crippen LogP contribution in [0.1, 0.15) is 45.1 Å². The largest absolute Gasteiger partial charge is 0.456 e. The summed E-state index contributed by atoms with van der Waals surface area (Å²) in [4.78, 5) is 30.2. The number of benzene rings is 2. The highest BCUT2D eigenvalue weighted by Gasteiger charge is 2.23. The number of anilines is 3. The predicted octanol–water partition coefficient (Wildman–Crippen LogP) is 3.98. The van der Waals surface area contributed by atoms with Gasteiger partial charge in [-0.05, 0) is 68.7 Å². The number of carbonyl (C=O) groups is 2. The molecule has 0 spiro atoms. The number of furan rings is 1. The molecule has 2 heterocycles. The normalized spacial score (nSPS) is 13.5. The summed E-state index contributed by atoms with van der Waals surface area (Å²) >= 11 is 0. The van der Waals surface area contributed by atoms with E-state index in [0.717, 1.165) is 31.9 Å². The number of aliphatic hydroxyl groups is 1. The number of nitrogens with one attached hydrogen (secondary N) is 2. The van der Waals surface area contributed by atoms with Crippen LogP contribution in [0, 0.1) is 13.8 Å². The van der Waals surface area contributed by atoms with Crippen LogP contribution in [0.5, 0.6) is 0 Å². The molecule has 3 N–H and O–H groups in total. The molecule has 0 unspecified atom stereocenters. The fourth-order valence-electron chi connectivity index (χ4n) is 4.44. The Kier molecular flexibility index (Phi) is 8.28. The Morgan fingerprint density at radius 1 is 0.889 bits per heavy atom. The van der Waals surface area contributed by atoms with Crippen molar-refractivity contribution in [3.05, 3.63) is 77.2 Å². The van der Waals surface area contributed by atoms with Crippen LogP contribution in [-0.4, -0.2) is 56.3 Å². The number of amides is 2. The zero-order valence-corrected chi connectivity index (χ0v) is 20.9. The number of para-hydroxylation sites is 1. The van der Waals surface area contributed by atoms with Gasteiger partial charge < -0.3 is 30.0 Å². The van der Waals surface area contributed by atoms with E-state index >= 15 is 0 Å². The minimum Gasteiger partial charge on any atom is -0.456 e. The van der Waals surface area contributed by atoms with Crippen molar-refractivity contribution in [2.75, 3.05) is 54.4 Å². The van der Waals surface area contributed by atoms with Crippen molar-refractivity contribution in [1.82, 2.24) is 5.32 Å². The van der Waals surface area contributed by atoms with Crippen molar-refractivity contribution in [2.24, 2.45) is 0 Å². The van der Waals surface area contributed by atoms with Gasteiger partial charge in [0.05, 0.1) is 11.4 Å². The van der Waals surface area contributed by atoms with Crippen LogP contribution in [0.4, 0.5) is 17.1 Å². The summed E-state index contributed by atoms with van der Waals surface area (Å²) in [6.07, 6.45) is 1.34. The van der Waals surface area contributed by atoms with Gasteiger partial charge in [-0.15, -0.1) is 0 Å². The highest BCUT2D eigenvalue weighted by atomic mass is 16.3. The average Bonchev–Trinajstić information content (AvgIpc) is 3.33. The molecular formula is C28H34N4O4. The van der Waals surface area contributed by atoms with E-state index in [1.807, 2.05) is 6.07 Å². The number of aryl methyl sites for hydroxylation is 2. The van der Waals surface area contributed by atoms with Crippen LogP contribution >= 0.6 is 0 Å². The standard InChI is InChI=1S/C28H34N4O4/c1-20-7-3-4-8-24(20)31-14-16-32(17-15-31)25-11-10-22(27(34)29-13-5-6-18-33)19-23(25)30-28(35)26-12-9-21(2)36-26/h3-4,7-12,19,33H,5-6,13-18H2,1-2H3,(H,29,34)(H,30,35). The first-order chi connectivity index (χ1) is 17.5. The first-order valence-corrected chi connectivity index (χ1v) is 12.4. The Balaban J connectivity index is 1.53. The molecule has 8 heteroatoms. The van der Waals surface area contributed by atoms with Crippen LogP contribution in [0.15, 0.2) is 59.0 Å². The van der Waals surface area contributed by atoms with Crippen molar-refractivity contribution >= 4 is 28.9 Å². The second kappa shape index (κ2) is 11.8. The van der Waals surface area contributed by atoms with Gasteiger partial charge in [-0.1, -0.05) is 18.2 Å². The lowest BCUT2D eigenvalue weighted by molar-refractivity contribution is 0.0950. The van der Waals surface area contributed by atoms with Crippen LogP contribution in [-0.2, 0) is 0 Å². The first kappa shape index (κ1) is 25.3. The highest BCUT2D eigenvalue weighted by molar-refractivity contribution is 6.05. The third-order valence-corrected chi connectivity index (χ3v) is 6.42. The minimum atomic E-state index is -0.358. The van der Waals surface area contributed by atoms with Gasteiger partial charge in [0, 0.05) is 50.6 Å². The van der Waals surface area contributed by atoms with Crippen LogP contribution < -0.4 is 20.4 Å².